The second-order valence-electron chi connectivity index (χ2n) is 3.77. The number of aromatic nitrogens is 1. The number of aromatic amines is 1. The Bertz CT molecular complexity index is 240. The van der Waals surface area contributed by atoms with Crippen molar-refractivity contribution in [3.05, 3.63) is 24.5 Å². The Morgan fingerprint density at radius 2 is 1.77 bits per heavy atom. The molecule has 0 bridgehead atoms. The first-order chi connectivity index (χ1) is 6.45. The van der Waals surface area contributed by atoms with E-state index in [2.05, 4.69) is 22.4 Å². The van der Waals surface area contributed by atoms with Crippen molar-refractivity contribution in [1.29, 1.82) is 0 Å². The molecule has 0 unspecified atom stereocenters. The zero-order valence-corrected chi connectivity index (χ0v) is 7.92. The van der Waals surface area contributed by atoms with Crippen LogP contribution >= 0.6 is 0 Å². The first-order valence-electron chi connectivity index (χ1n) is 5.18. The van der Waals surface area contributed by atoms with Crippen LogP contribution in [0, 0.1) is 0 Å². The number of pyridine rings is 1. The Balaban J connectivity index is 1.90. The van der Waals surface area contributed by atoms with Gasteiger partial charge in [0.05, 0.1) is 0 Å². The zero-order chi connectivity index (χ0) is 8.93. The van der Waals surface area contributed by atoms with Crippen molar-refractivity contribution in [2.24, 2.45) is 0 Å². The second kappa shape index (κ2) is 4.26. The van der Waals surface area contributed by atoms with Gasteiger partial charge in [-0.05, 0) is 12.8 Å². The average molecular weight is 177 g/mol. The minimum atomic E-state index is 0.705. The lowest BCUT2D eigenvalue weighted by molar-refractivity contribution is -0.377. The largest absolute Gasteiger partial charge is 0.382 e. The Morgan fingerprint density at radius 1 is 1.08 bits per heavy atom. The summed E-state index contributed by atoms with van der Waals surface area (Å²) in [5.41, 5.74) is 1.24. The maximum absolute atomic E-state index is 3.56. The van der Waals surface area contributed by atoms with E-state index in [0.717, 1.165) is 0 Å². The van der Waals surface area contributed by atoms with Crippen molar-refractivity contribution in [2.45, 2.75) is 38.1 Å². The van der Waals surface area contributed by atoms with Gasteiger partial charge in [-0.1, -0.05) is 19.3 Å². The Kier molecular flexibility index (Phi) is 2.80. The lowest BCUT2D eigenvalue weighted by Crippen LogP contribution is -2.22. The number of hydrogen-bond donors (Lipinski definition) is 1. The highest BCUT2D eigenvalue weighted by Gasteiger charge is 2.12. The number of nitrogens with one attached hydrogen (secondary N) is 2. The molecule has 2 heteroatoms. The van der Waals surface area contributed by atoms with E-state index in [1.165, 1.54) is 37.8 Å². The highest BCUT2D eigenvalue weighted by molar-refractivity contribution is 5.40. The standard InChI is InChI=1S/C11H16N2/c1-2-4-10(5-3-1)13-11-6-8-12-9-7-11/h6-10H,1-5H2,(H,12,13)/p+1. The Morgan fingerprint density at radius 3 is 2.46 bits per heavy atom. The molecule has 13 heavy (non-hydrogen) atoms. The molecule has 1 aliphatic carbocycles. The predicted octanol–water partition coefficient (Wildman–Crippen LogP) is 2.25. The summed E-state index contributed by atoms with van der Waals surface area (Å²) in [6.45, 7) is 0. The van der Waals surface area contributed by atoms with Gasteiger partial charge in [0, 0.05) is 23.9 Å². The summed E-state index contributed by atoms with van der Waals surface area (Å²) in [6.07, 6.45) is 10.8. The van der Waals surface area contributed by atoms with Crippen LogP contribution in [0.25, 0.3) is 0 Å². The number of rotatable bonds is 2. The molecular weight excluding hydrogens is 160 g/mol. The highest BCUT2D eigenvalue weighted by atomic mass is 14.9. The maximum Gasteiger partial charge on any atom is 0.169 e. The summed E-state index contributed by atoms with van der Waals surface area (Å²) in [5.74, 6) is 0. The van der Waals surface area contributed by atoms with E-state index in [4.69, 9.17) is 0 Å². The molecular formula is C11H17N2+. The lowest BCUT2D eigenvalue weighted by Gasteiger charge is -2.23. The topological polar surface area (TPSA) is 26.2 Å². The molecule has 0 saturated heterocycles. The summed E-state index contributed by atoms with van der Waals surface area (Å²) in [6, 6.07) is 4.89. The van der Waals surface area contributed by atoms with E-state index < -0.39 is 0 Å². The molecule has 0 aromatic carbocycles. The van der Waals surface area contributed by atoms with Gasteiger partial charge in [0.2, 0.25) is 0 Å². The van der Waals surface area contributed by atoms with Crippen LogP contribution < -0.4 is 10.3 Å². The lowest BCUT2D eigenvalue weighted by atomic mass is 9.95. The van der Waals surface area contributed by atoms with Crippen LogP contribution in [0.4, 0.5) is 5.69 Å². The second-order valence-corrected chi connectivity index (χ2v) is 3.77. The summed E-state index contributed by atoms with van der Waals surface area (Å²) in [7, 11) is 0. The third kappa shape index (κ3) is 2.44. The van der Waals surface area contributed by atoms with Crippen molar-refractivity contribution in [3.63, 3.8) is 0 Å². The average Bonchev–Trinajstić information content (AvgIpc) is 2.21. The van der Waals surface area contributed by atoms with E-state index >= 15 is 0 Å². The van der Waals surface area contributed by atoms with Crippen LogP contribution in [0.15, 0.2) is 24.5 Å². The van der Waals surface area contributed by atoms with Gasteiger partial charge in [0.15, 0.2) is 12.4 Å². The zero-order valence-electron chi connectivity index (χ0n) is 7.92. The molecule has 0 amide bonds. The molecule has 0 spiro atoms. The fraction of sp³-hybridized carbons (Fsp3) is 0.545. The fourth-order valence-corrected chi connectivity index (χ4v) is 1.97. The molecule has 1 aromatic heterocycles. The van der Waals surface area contributed by atoms with E-state index in [1.807, 2.05) is 12.4 Å². The van der Waals surface area contributed by atoms with Crippen LogP contribution in [0.5, 0.6) is 0 Å². The van der Waals surface area contributed by atoms with Gasteiger partial charge in [-0.25, -0.2) is 4.98 Å². The normalized spacial score (nSPS) is 18.5. The van der Waals surface area contributed by atoms with Crippen LogP contribution in [0.3, 0.4) is 0 Å². The smallest absolute Gasteiger partial charge is 0.169 e. The van der Waals surface area contributed by atoms with Crippen molar-refractivity contribution in [2.75, 3.05) is 5.32 Å². The molecule has 2 nitrogen and oxygen atoms in total. The number of H-pyrrole nitrogens is 1. The van der Waals surface area contributed by atoms with Gasteiger partial charge < -0.3 is 5.32 Å². The van der Waals surface area contributed by atoms with Crippen LogP contribution in [-0.4, -0.2) is 6.04 Å². The SMILES string of the molecule is c1cc(NC2CCCCC2)cc[nH+]1. The number of anilines is 1. The van der Waals surface area contributed by atoms with Crippen LogP contribution in [0.1, 0.15) is 32.1 Å². The van der Waals surface area contributed by atoms with Crippen LogP contribution in [0.2, 0.25) is 0 Å². The fourth-order valence-electron chi connectivity index (χ4n) is 1.97. The molecule has 1 saturated carbocycles. The van der Waals surface area contributed by atoms with Gasteiger partial charge >= 0.3 is 0 Å². The molecule has 2 rings (SSSR count). The minimum absolute atomic E-state index is 0.705. The first-order valence-corrected chi connectivity index (χ1v) is 5.18. The first kappa shape index (κ1) is 8.54. The maximum atomic E-state index is 3.56. The van der Waals surface area contributed by atoms with Crippen molar-refractivity contribution >= 4 is 5.69 Å². The summed E-state index contributed by atoms with van der Waals surface area (Å²) < 4.78 is 0. The van der Waals surface area contributed by atoms with Crippen molar-refractivity contribution in [3.8, 4) is 0 Å². The quantitative estimate of drug-likeness (QED) is 0.736. The van der Waals surface area contributed by atoms with E-state index in [9.17, 15) is 0 Å². The van der Waals surface area contributed by atoms with Gasteiger partial charge in [0.25, 0.3) is 0 Å². The van der Waals surface area contributed by atoms with E-state index in [1.54, 1.807) is 0 Å². The number of hydrogen-bond acceptors (Lipinski definition) is 1. The molecule has 1 aliphatic rings. The molecule has 1 heterocycles. The van der Waals surface area contributed by atoms with Crippen molar-refractivity contribution in [1.82, 2.24) is 0 Å². The van der Waals surface area contributed by atoms with Crippen LogP contribution in [-0.2, 0) is 0 Å². The molecule has 2 N–H and O–H groups in total. The van der Waals surface area contributed by atoms with Gasteiger partial charge in [0.1, 0.15) is 0 Å². The molecule has 0 radical (unpaired) electrons. The highest BCUT2D eigenvalue weighted by Crippen LogP contribution is 2.20. The molecule has 0 atom stereocenters. The van der Waals surface area contributed by atoms with Gasteiger partial charge in [-0.2, -0.15) is 0 Å². The van der Waals surface area contributed by atoms with E-state index in [0.29, 0.717) is 6.04 Å². The molecule has 1 aromatic rings. The third-order valence-electron chi connectivity index (χ3n) is 2.69. The third-order valence-corrected chi connectivity index (χ3v) is 2.69. The van der Waals surface area contributed by atoms with E-state index in [-0.39, 0.29) is 0 Å². The van der Waals surface area contributed by atoms with Crippen molar-refractivity contribution < 1.29 is 4.98 Å². The Labute approximate surface area is 79.4 Å². The van der Waals surface area contributed by atoms with Gasteiger partial charge in [-0.3, -0.25) is 0 Å². The van der Waals surface area contributed by atoms with Gasteiger partial charge in [-0.15, -0.1) is 0 Å². The molecule has 0 aliphatic heterocycles. The Hall–Kier alpha value is -1.05. The monoisotopic (exact) mass is 177 g/mol. The summed E-state index contributed by atoms with van der Waals surface area (Å²) in [4.78, 5) is 3.03. The molecule has 70 valence electrons. The minimum Gasteiger partial charge on any atom is -0.382 e. The molecule has 1 fully saturated rings. The summed E-state index contributed by atoms with van der Waals surface area (Å²) in [5, 5.41) is 3.56. The summed E-state index contributed by atoms with van der Waals surface area (Å²) >= 11 is 0. The predicted molar refractivity (Wildman–Crippen MR) is 53.5 cm³/mol.